The number of ether oxygens (including phenoxy) is 1. The highest BCUT2D eigenvalue weighted by atomic mass is 16.5. The summed E-state index contributed by atoms with van der Waals surface area (Å²) >= 11 is 0. The van der Waals surface area contributed by atoms with E-state index < -0.39 is 0 Å². The summed E-state index contributed by atoms with van der Waals surface area (Å²) in [6, 6.07) is 15.8. The molecule has 0 radical (unpaired) electrons. The Morgan fingerprint density at radius 3 is 2.57 bits per heavy atom. The maximum atomic E-state index is 12.5. The van der Waals surface area contributed by atoms with Crippen LogP contribution in [0, 0.1) is 0 Å². The predicted octanol–water partition coefficient (Wildman–Crippen LogP) is 3.53. The lowest BCUT2D eigenvalue weighted by Gasteiger charge is -2.15. The van der Waals surface area contributed by atoms with Crippen molar-refractivity contribution < 1.29 is 9.53 Å². The van der Waals surface area contributed by atoms with Crippen LogP contribution in [-0.4, -0.2) is 20.9 Å². The first-order valence-electron chi connectivity index (χ1n) is 8.79. The number of benzene rings is 2. The Kier molecular flexibility index (Phi) is 4.63. The summed E-state index contributed by atoms with van der Waals surface area (Å²) in [5, 5.41) is 2.96. The second-order valence-electron chi connectivity index (χ2n) is 6.39. The van der Waals surface area contributed by atoms with E-state index in [1.165, 1.54) is 0 Å². The van der Waals surface area contributed by atoms with Crippen LogP contribution in [0.4, 0.5) is 0 Å². The molecule has 4 rings (SSSR count). The SMILES string of the molecule is CC(NC(=O)c1ccc(Oc2cccnc2)cc1)c1ccc2[nH]c(=O)[nH]c2c1. The zero-order valence-electron chi connectivity index (χ0n) is 15.1. The highest BCUT2D eigenvalue weighted by molar-refractivity contribution is 5.94. The molecule has 4 aromatic rings. The number of hydrogen-bond donors (Lipinski definition) is 3. The van der Waals surface area contributed by atoms with Crippen molar-refractivity contribution in [3.63, 3.8) is 0 Å². The van der Waals surface area contributed by atoms with Gasteiger partial charge in [-0.2, -0.15) is 0 Å². The molecular weight excluding hydrogens is 356 g/mol. The van der Waals surface area contributed by atoms with Gasteiger partial charge in [0, 0.05) is 11.8 Å². The van der Waals surface area contributed by atoms with Gasteiger partial charge in [0.15, 0.2) is 0 Å². The molecule has 0 bridgehead atoms. The molecule has 0 aliphatic rings. The van der Waals surface area contributed by atoms with Gasteiger partial charge in [0.1, 0.15) is 11.5 Å². The maximum Gasteiger partial charge on any atom is 0.323 e. The summed E-state index contributed by atoms with van der Waals surface area (Å²) in [6.45, 7) is 1.89. The van der Waals surface area contributed by atoms with Crippen LogP contribution in [0.1, 0.15) is 28.9 Å². The third-order valence-corrected chi connectivity index (χ3v) is 4.37. The zero-order valence-corrected chi connectivity index (χ0v) is 15.1. The van der Waals surface area contributed by atoms with Crippen molar-refractivity contribution in [2.75, 3.05) is 0 Å². The Bertz CT molecular complexity index is 1160. The lowest BCUT2D eigenvalue weighted by atomic mass is 10.1. The summed E-state index contributed by atoms with van der Waals surface area (Å²) in [6.07, 6.45) is 3.30. The molecule has 3 N–H and O–H groups in total. The van der Waals surface area contributed by atoms with Gasteiger partial charge in [0.25, 0.3) is 5.91 Å². The number of nitrogens with one attached hydrogen (secondary N) is 3. The van der Waals surface area contributed by atoms with E-state index in [-0.39, 0.29) is 17.6 Å². The van der Waals surface area contributed by atoms with Crippen molar-refractivity contribution in [1.82, 2.24) is 20.3 Å². The first-order chi connectivity index (χ1) is 13.6. The van der Waals surface area contributed by atoms with Gasteiger partial charge in [-0.25, -0.2) is 4.79 Å². The van der Waals surface area contributed by atoms with Crippen molar-refractivity contribution in [1.29, 1.82) is 0 Å². The number of pyridine rings is 1. The van der Waals surface area contributed by atoms with E-state index >= 15 is 0 Å². The molecule has 140 valence electrons. The molecule has 2 aromatic heterocycles. The second kappa shape index (κ2) is 7.40. The van der Waals surface area contributed by atoms with Crippen LogP contribution in [0.2, 0.25) is 0 Å². The molecule has 2 aromatic carbocycles. The summed E-state index contributed by atoms with van der Waals surface area (Å²) in [4.78, 5) is 33.3. The van der Waals surface area contributed by atoms with E-state index in [1.54, 1.807) is 42.7 Å². The van der Waals surface area contributed by atoms with Gasteiger partial charge < -0.3 is 20.0 Å². The number of H-pyrrole nitrogens is 2. The highest BCUT2D eigenvalue weighted by Crippen LogP contribution is 2.21. The molecule has 0 aliphatic heterocycles. The predicted molar refractivity (Wildman–Crippen MR) is 106 cm³/mol. The largest absolute Gasteiger partial charge is 0.456 e. The molecule has 0 saturated carbocycles. The van der Waals surface area contributed by atoms with Crippen LogP contribution < -0.4 is 15.7 Å². The molecule has 1 unspecified atom stereocenters. The number of nitrogens with zero attached hydrogens (tertiary/aromatic N) is 1. The number of carbonyl (C=O) groups is 1. The fraction of sp³-hybridized carbons (Fsp3) is 0.0952. The minimum atomic E-state index is -0.252. The van der Waals surface area contributed by atoms with Crippen LogP contribution in [-0.2, 0) is 0 Å². The first kappa shape index (κ1) is 17.5. The molecule has 7 heteroatoms. The van der Waals surface area contributed by atoms with Gasteiger partial charge in [-0.1, -0.05) is 6.07 Å². The fourth-order valence-electron chi connectivity index (χ4n) is 2.90. The third kappa shape index (κ3) is 3.78. The smallest absolute Gasteiger partial charge is 0.323 e. The zero-order chi connectivity index (χ0) is 19.5. The number of aromatic nitrogens is 3. The Hall–Kier alpha value is -3.87. The molecule has 0 spiro atoms. The average molecular weight is 374 g/mol. The minimum Gasteiger partial charge on any atom is -0.456 e. The number of aromatic amines is 2. The van der Waals surface area contributed by atoms with Gasteiger partial charge in [0.05, 0.1) is 23.3 Å². The number of hydrogen-bond acceptors (Lipinski definition) is 4. The van der Waals surface area contributed by atoms with E-state index in [1.807, 2.05) is 31.2 Å². The van der Waals surface area contributed by atoms with Crippen molar-refractivity contribution in [3.05, 3.63) is 88.6 Å². The Balaban J connectivity index is 1.44. The van der Waals surface area contributed by atoms with Crippen LogP contribution in [0.25, 0.3) is 11.0 Å². The standard InChI is InChI=1S/C21H18N4O3/c1-13(15-6-9-18-19(11-15)25-21(27)24-18)23-20(26)14-4-7-16(8-5-14)28-17-3-2-10-22-12-17/h2-13H,1H3,(H,23,26)(H2,24,25,27). The van der Waals surface area contributed by atoms with E-state index in [0.29, 0.717) is 22.6 Å². The number of amides is 1. The number of carbonyl (C=O) groups excluding carboxylic acids is 1. The number of rotatable bonds is 5. The first-order valence-corrected chi connectivity index (χ1v) is 8.79. The lowest BCUT2D eigenvalue weighted by Crippen LogP contribution is -2.26. The molecule has 28 heavy (non-hydrogen) atoms. The van der Waals surface area contributed by atoms with Crippen molar-refractivity contribution >= 4 is 16.9 Å². The quantitative estimate of drug-likeness (QED) is 0.497. The van der Waals surface area contributed by atoms with E-state index in [4.69, 9.17) is 4.74 Å². The molecule has 2 heterocycles. The van der Waals surface area contributed by atoms with Crippen LogP contribution in [0.5, 0.6) is 11.5 Å². The van der Waals surface area contributed by atoms with Gasteiger partial charge in [-0.15, -0.1) is 0 Å². The normalized spacial score (nSPS) is 11.9. The Labute approximate surface area is 160 Å². The second-order valence-corrected chi connectivity index (χ2v) is 6.39. The van der Waals surface area contributed by atoms with Gasteiger partial charge in [-0.3, -0.25) is 9.78 Å². The summed E-state index contributed by atoms with van der Waals surface area (Å²) in [5.74, 6) is 1.06. The molecule has 0 aliphatic carbocycles. The fourth-order valence-corrected chi connectivity index (χ4v) is 2.90. The van der Waals surface area contributed by atoms with Gasteiger partial charge in [-0.05, 0) is 61.0 Å². The Morgan fingerprint density at radius 2 is 1.82 bits per heavy atom. The van der Waals surface area contributed by atoms with Crippen LogP contribution in [0.15, 0.2) is 71.8 Å². The summed E-state index contributed by atoms with van der Waals surface area (Å²) in [7, 11) is 0. The van der Waals surface area contributed by atoms with E-state index in [2.05, 4.69) is 20.3 Å². The molecule has 0 saturated heterocycles. The van der Waals surface area contributed by atoms with Crippen LogP contribution in [0.3, 0.4) is 0 Å². The maximum absolute atomic E-state index is 12.5. The van der Waals surface area contributed by atoms with Gasteiger partial charge >= 0.3 is 5.69 Å². The van der Waals surface area contributed by atoms with E-state index in [0.717, 1.165) is 11.1 Å². The third-order valence-electron chi connectivity index (χ3n) is 4.37. The topological polar surface area (TPSA) is 99.9 Å². The van der Waals surface area contributed by atoms with Crippen molar-refractivity contribution in [3.8, 4) is 11.5 Å². The average Bonchev–Trinajstić information content (AvgIpc) is 3.08. The molecule has 7 nitrogen and oxygen atoms in total. The molecule has 1 amide bonds. The monoisotopic (exact) mass is 374 g/mol. The highest BCUT2D eigenvalue weighted by Gasteiger charge is 2.13. The number of fused-ring (bicyclic) bond motifs is 1. The van der Waals surface area contributed by atoms with Crippen LogP contribution >= 0.6 is 0 Å². The van der Waals surface area contributed by atoms with E-state index in [9.17, 15) is 9.59 Å². The molecular formula is C21H18N4O3. The minimum absolute atomic E-state index is 0.192. The van der Waals surface area contributed by atoms with Crippen molar-refractivity contribution in [2.24, 2.45) is 0 Å². The Morgan fingerprint density at radius 1 is 1.04 bits per heavy atom. The lowest BCUT2D eigenvalue weighted by molar-refractivity contribution is 0.0940. The van der Waals surface area contributed by atoms with Crippen molar-refractivity contribution in [2.45, 2.75) is 13.0 Å². The molecule has 0 fully saturated rings. The van der Waals surface area contributed by atoms with Gasteiger partial charge in [0.2, 0.25) is 0 Å². The summed E-state index contributed by atoms with van der Waals surface area (Å²) in [5.41, 5.74) is 2.61. The molecule has 1 atom stereocenters. The summed E-state index contributed by atoms with van der Waals surface area (Å²) < 4.78 is 5.68. The number of imidazole rings is 1.